The van der Waals surface area contributed by atoms with Gasteiger partial charge in [0.15, 0.2) is 0 Å². The molecule has 9 heteroatoms. The second-order valence-corrected chi connectivity index (χ2v) is 5.88. The van der Waals surface area contributed by atoms with Crippen LogP contribution < -0.4 is 11.1 Å². The van der Waals surface area contributed by atoms with E-state index in [0.717, 1.165) is 30.0 Å². The van der Waals surface area contributed by atoms with Crippen molar-refractivity contribution in [3.8, 4) is 0 Å². The highest BCUT2D eigenvalue weighted by Crippen LogP contribution is 2.15. The van der Waals surface area contributed by atoms with Crippen molar-refractivity contribution in [3.63, 3.8) is 0 Å². The molecule has 25 heavy (non-hydrogen) atoms. The van der Waals surface area contributed by atoms with Gasteiger partial charge in [0.05, 0.1) is 9.85 Å². The normalized spacial score (nSPS) is 10.4. The standard InChI is InChI=1S/C10H15N3O2.C6H4FNO2/c1-10(2,11)7-12-8-3-5-9(6-4-8)13(14)15;7-5-1-3-6(4-2-5)8(9)10/h3-6,12H,7,11H2,1-2H3;1-4H. The number of hydrogen-bond donors (Lipinski definition) is 2. The fourth-order valence-electron chi connectivity index (χ4n) is 1.59. The molecule has 8 nitrogen and oxygen atoms in total. The summed E-state index contributed by atoms with van der Waals surface area (Å²) in [5.74, 6) is -0.467. The molecule has 0 saturated heterocycles. The first-order valence-electron chi connectivity index (χ1n) is 7.26. The highest BCUT2D eigenvalue weighted by atomic mass is 19.1. The molecule has 0 atom stereocenters. The molecule has 0 amide bonds. The van der Waals surface area contributed by atoms with Crippen LogP contribution in [-0.2, 0) is 0 Å². The number of non-ortho nitro benzene ring substituents is 2. The summed E-state index contributed by atoms with van der Waals surface area (Å²) < 4.78 is 12.1. The lowest BCUT2D eigenvalue weighted by atomic mass is 10.1. The molecule has 0 aliphatic heterocycles. The molecule has 0 radical (unpaired) electrons. The minimum atomic E-state index is -0.570. The number of anilines is 1. The van der Waals surface area contributed by atoms with Crippen LogP contribution in [0.25, 0.3) is 0 Å². The quantitative estimate of drug-likeness (QED) is 0.628. The van der Waals surface area contributed by atoms with Crippen LogP contribution in [0.3, 0.4) is 0 Å². The zero-order chi connectivity index (χ0) is 19.0. The summed E-state index contributed by atoms with van der Waals surface area (Å²) in [6, 6.07) is 10.6. The van der Waals surface area contributed by atoms with Gasteiger partial charge in [-0.1, -0.05) is 0 Å². The van der Waals surface area contributed by atoms with Gasteiger partial charge in [0.25, 0.3) is 11.4 Å². The average molecular weight is 350 g/mol. The van der Waals surface area contributed by atoms with Gasteiger partial charge in [-0.3, -0.25) is 20.2 Å². The molecule has 0 heterocycles. The molecule has 2 aromatic carbocycles. The smallest absolute Gasteiger partial charge is 0.269 e. The van der Waals surface area contributed by atoms with Crippen LogP contribution in [0.1, 0.15) is 13.8 Å². The van der Waals surface area contributed by atoms with Gasteiger partial charge in [-0.15, -0.1) is 0 Å². The first-order chi connectivity index (χ1) is 11.6. The zero-order valence-corrected chi connectivity index (χ0v) is 13.8. The molecule has 0 aliphatic rings. The number of benzene rings is 2. The Morgan fingerprint density at radius 1 is 0.960 bits per heavy atom. The number of hydrogen-bond acceptors (Lipinski definition) is 6. The summed E-state index contributed by atoms with van der Waals surface area (Å²) in [4.78, 5) is 19.4. The van der Waals surface area contributed by atoms with Gasteiger partial charge in [0.2, 0.25) is 0 Å². The van der Waals surface area contributed by atoms with Gasteiger partial charge in [0, 0.05) is 42.0 Å². The summed E-state index contributed by atoms with van der Waals surface area (Å²) in [7, 11) is 0. The molecule has 0 aliphatic carbocycles. The van der Waals surface area contributed by atoms with Crippen LogP contribution in [0.15, 0.2) is 48.5 Å². The van der Waals surface area contributed by atoms with Gasteiger partial charge in [-0.05, 0) is 38.1 Å². The first-order valence-corrected chi connectivity index (χ1v) is 7.26. The first kappa shape index (κ1) is 20.0. The van der Waals surface area contributed by atoms with Crippen molar-refractivity contribution in [2.45, 2.75) is 19.4 Å². The third-order valence-corrected chi connectivity index (χ3v) is 2.86. The lowest BCUT2D eigenvalue weighted by Gasteiger charge is -2.19. The third-order valence-electron chi connectivity index (χ3n) is 2.86. The molecule has 2 rings (SSSR count). The van der Waals surface area contributed by atoms with Gasteiger partial charge >= 0.3 is 0 Å². The van der Waals surface area contributed by atoms with Crippen LogP contribution in [-0.4, -0.2) is 21.9 Å². The maximum Gasteiger partial charge on any atom is 0.269 e. The van der Waals surface area contributed by atoms with E-state index in [9.17, 15) is 24.6 Å². The van der Waals surface area contributed by atoms with Crippen LogP contribution in [0.2, 0.25) is 0 Å². The molecule has 0 fully saturated rings. The van der Waals surface area contributed by atoms with Gasteiger partial charge < -0.3 is 11.1 Å². The number of nitro benzene ring substituents is 2. The fraction of sp³-hybridized carbons (Fsp3) is 0.250. The Labute approximate surface area is 143 Å². The van der Waals surface area contributed by atoms with Crippen molar-refractivity contribution in [1.82, 2.24) is 0 Å². The number of nitro groups is 2. The zero-order valence-electron chi connectivity index (χ0n) is 13.8. The predicted octanol–water partition coefficient (Wildman–Crippen LogP) is 3.48. The maximum absolute atomic E-state index is 12.1. The lowest BCUT2D eigenvalue weighted by Crippen LogP contribution is -2.39. The van der Waals surface area contributed by atoms with Crippen LogP contribution in [0.4, 0.5) is 21.5 Å². The van der Waals surface area contributed by atoms with Crippen molar-refractivity contribution < 1.29 is 14.2 Å². The molecule has 3 N–H and O–H groups in total. The number of rotatable bonds is 5. The van der Waals surface area contributed by atoms with Crippen molar-refractivity contribution in [2.24, 2.45) is 5.73 Å². The topological polar surface area (TPSA) is 124 Å². The van der Waals surface area contributed by atoms with E-state index >= 15 is 0 Å². The Morgan fingerprint density at radius 2 is 1.36 bits per heavy atom. The number of nitrogens with one attached hydrogen (secondary N) is 1. The number of halogens is 1. The van der Waals surface area contributed by atoms with Gasteiger partial charge in [0.1, 0.15) is 5.82 Å². The predicted molar refractivity (Wildman–Crippen MR) is 92.9 cm³/mol. The Kier molecular flexibility index (Phi) is 6.94. The largest absolute Gasteiger partial charge is 0.383 e. The van der Waals surface area contributed by atoms with E-state index < -0.39 is 15.7 Å². The molecule has 2 aromatic rings. The monoisotopic (exact) mass is 350 g/mol. The average Bonchev–Trinajstić information content (AvgIpc) is 2.53. The second-order valence-electron chi connectivity index (χ2n) is 5.88. The Morgan fingerprint density at radius 3 is 1.72 bits per heavy atom. The minimum absolute atomic E-state index is 0.0903. The van der Waals surface area contributed by atoms with Crippen molar-refractivity contribution in [2.75, 3.05) is 11.9 Å². The Balaban J connectivity index is 0.000000271. The SMILES string of the molecule is CC(C)(N)CNc1ccc([N+](=O)[O-])cc1.O=[N+]([O-])c1ccc(F)cc1. The van der Waals surface area contributed by atoms with E-state index in [0.29, 0.717) is 6.54 Å². The van der Waals surface area contributed by atoms with E-state index in [1.165, 1.54) is 12.1 Å². The molecular formula is C16H19FN4O4. The van der Waals surface area contributed by atoms with E-state index in [1.807, 2.05) is 13.8 Å². The Bertz CT molecular complexity index is 712. The van der Waals surface area contributed by atoms with Crippen LogP contribution in [0, 0.1) is 26.0 Å². The summed E-state index contributed by atoms with van der Waals surface area (Å²) in [5, 5.41) is 23.5. The molecular weight excluding hydrogens is 331 g/mol. The fourth-order valence-corrected chi connectivity index (χ4v) is 1.59. The van der Waals surface area contributed by atoms with E-state index in [-0.39, 0.29) is 16.9 Å². The minimum Gasteiger partial charge on any atom is -0.383 e. The highest BCUT2D eigenvalue weighted by molar-refractivity contribution is 5.48. The molecule has 134 valence electrons. The summed E-state index contributed by atoms with van der Waals surface area (Å²) >= 11 is 0. The van der Waals surface area contributed by atoms with Gasteiger partial charge in [-0.25, -0.2) is 4.39 Å². The maximum atomic E-state index is 12.1. The number of nitrogens with two attached hydrogens (primary N) is 1. The number of nitrogens with zero attached hydrogens (tertiary/aromatic N) is 2. The molecule has 0 unspecified atom stereocenters. The van der Waals surface area contributed by atoms with Crippen LogP contribution in [0.5, 0.6) is 0 Å². The summed E-state index contributed by atoms with van der Waals surface area (Å²) in [6.45, 7) is 4.43. The molecule has 0 aromatic heterocycles. The van der Waals surface area contributed by atoms with Gasteiger partial charge in [-0.2, -0.15) is 0 Å². The lowest BCUT2D eigenvalue weighted by molar-refractivity contribution is -0.385. The molecule has 0 bridgehead atoms. The third kappa shape index (κ3) is 7.84. The van der Waals surface area contributed by atoms with Crippen LogP contribution >= 0.6 is 0 Å². The molecule has 0 spiro atoms. The van der Waals surface area contributed by atoms with Crippen molar-refractivity contribution in [1.29, 1.82) is 0 Å². The summed E-state index contributed by atoms with van der Waals surface area (Å²) in [6.07, 6.45) is 0. The van der Waals surface area contributed by atoms with Crippen molar-refractivity contribution in [3.05, 3.63) is 74.6 Å². The van der Waals surface area contributed by atoms with E-state index in [4.69, 9.17) is 5.73 Å². The Hall–Kier alpha value is -3.07. The summed E-state index contributed by atoms with van der Waals surface area (Å²) in [5.41, 5.74) is 6.31. The second kappa shape index (κ2) is 8.69. The van der Waals surface area contributed by atoms with Crippen molar-refractivity contribution >= 4 is 17.1 Å². The highest BCUT2D eigenvalue weighted by Gasteiger charge is 2.10. The van der Waals surface area contributed by atoms with E-state index in [2.05, 4.69) is 5.32 Å². The van der Waals surface area contributed by atoms with E-state index in [1.54, 1.807) is 12.1 Å². The molecule has 0 saturated carbocycles.